The highest BCUT2D eigenvalue weighted by Crippen LogP contribution is 2.18. The van der Waals surface area contributed by atoms with Crippen LogP contribution in [0.4, 0.5) is 13.6 Å². The molecule has 1 saturated carbocycles. The number of nitrogens with one attached hydrogen (secondary N) is 2. The second-order valence-electron chi connectivity index (χ2n) is 5.17. The van der Waals surface area contributed by atoms with Gasteiger partial charge in [-0.25, -0.2) is 9.78 Å². The molecule has 0 radical (unpaired) electrons. The number of pyridine rings is 1. The van der Waals surface area contributed by atoms with Crippen molar-refractivity contribution in [2.24, 2.45) is 0 Å². The first-order chi connectivity index (χ1) is 10.5. The number of urea groups is 1. The van der Waals surface area contributed by atoms with Gasteiger partial charge in [0.2, 0.25) is 5.88 Å². The Bertz CT molecular complexity index is 502. The van der Waals surface area contributed by atoms with E-state index in [-0.39, 0.29) is 18.5 Å². The van der Waals surface area contributed by atoms with Crippen LogP contribution in [0.5, 0.6) is 5.88 Å². The summed E-state index contributed by atoms with van der Waals surface area (Å²) in [5, 5.41) is 15.1. The predicted molar refractivity (Wildman–Crippen MR) is 74.5 cm³/mol. The molecule has 6 nitrogen and oxygen atoms in total. The smallest absolute Gasteiger partial charge is 0.388 e. The maximum absolute atomic E-state index is 12.1. The van der Waals surface area contributed by atoms with Crippen LogP contribution >= 0.6 is 0 Å². The van der Waals surface area contributed by atoms with E-state index in [1.807, 2.05) is 0 Å². The summed E-state index contributed by atoms with van der Waals surface area (Å²) in [6, 6.07) is 2.28. The third-order valence-electron chi connectivity index (χ3n) is 3.51. The molecule has 0 aliphatic heterocycles. The van der Waals surface area contributed by atoms with E-state index < -0.39 is 18.7 Å². The van der Waals surface area contributed by atoms with Crippen LogP contribution in [0.2, 0.25) is 0 Å². The molecule has 0 bridgehead atoms. The monoisotopic (exact) mass is 315 g/mol. The van der Waals surface area contributed by atoms with Crippen LogP contribution in [0, 0.1) is 0 Å². The topological polar surface area (TPSA) is 83.5 Å². The SMILES string of the molecule is O=C(NCc1ccnc(OC(F)F)c1)N[C@H]1CCCC[C@H]1O. The minimum absolute atomic E-state index is 0.150. The zero-order chi connectivity index (χ0) is 15.9. The van der Waals surface area contributed by atoms with Crippen molar-refractivity contribution in [2.45, 2.75) is 51.0 Å². The van der Waals surface area contributed by atoms with Crippen LogP contribution in [0.15, 0.2) is 18.3 Å². The first-order valence-electron chi connectivity index (χ1n) is 7.17. The van der Waals surface area contributed by atoms with Gasteiger partial charge >= 0.3 is 12.6 Å². The van der Waals surface area contributed by atoms with Gasteiger partial charge in [0.05, 0.1) is 12.1 Å². The normalized spacial score (nSPS) is 21.5. The maximum Gasteiger partial charge on any atom is 0.388 e. The molecule has 2 amide bonds. The highest BCUT2D eigenvalue weighted by Gasteiger charge is 2.24. The molecule has 22 heavy (non-hydrogen) atoms. The van der Waals surface area contributed by atoms with E-state index in [0.29, 0.717) is 12.0 Å². The third-order valence-corrected chi connectivity index (χ3v) is 3.51. The summed E-state index contributed by atoms with van der Waals surface area (Å²) in [5.41, 5.74) is 0.588. The Hall–Kier alpha value is -1.96. The van der Waals surface area contributed by atoms with E-state index >= 15 is 0 Å². The number of alkyl halides is 2. The van der Waals surface area contributed by atoms with Gasteiger partial charge in [-0.15, -0.1) is 0 Å². The Morgan fingerprint density at radius 1 is 1.45 bits per heavy atom. The number of aromatic nitrogens is 1. The fourth-order valence-electron chi connectivity index (χ4n) is 2.40. The van der Waals surface area contributed by atoms with E-state index in [1.165, 1.54) is 12.3 Å². The third kappa shape index (κ3) is 5.10. The molecule has 0 saturated heterocycles. The molecule has 1 heterocycles. The van der Waals surface area contributed by atoms with Gasteiger partial charge in [-0.3, -0.25) is 0 Å². The summed E-state index contributed by atoms with van der Waals surface area (Å²) in [4.78, 5) is 15.4. The van der Waals surface area contributed by atoms with Gasteiger partial charge < -0.3 is 20.5 Å². The van der Waals surface area contributed by atoms with Crippen molar-refractivity contribution >= 4 is 6.03 Å². The largest absolute Gasteiger partial charge is 0.417 e. The number of carbonyl (C=O) groups excluding carboxylic acids is 1. The van der Waals surface area contributed by atoms with Crippen LogP contribution in [0.1, 0.15) is 31.2 Å². The minimum Gasteiger partial charge on any atom is -0.417 e. The van der Waals surface area contributed by atoms with E-state index in [2.05, 4.69) is 20.4 Å². The number of aliphatic hydroxyl groups is 1. The predicted octanol–water partition coefficient (Wildman–Crippen LogP) is 1.79. The van der Waals surface area contributed by atoms with Crippen molar-refractivity contribution in [3.63, 3.8) is 0 Å². The number of halogens is 2. The minimum atomic E-state index is -2.94. The standard InChI is InChI=1S/C14H19F2N3O3/c15-13(16)22-12-7-9(5-6-17-12)8-18-14(21)19-10-3-1-2-4-11(10)20/h5-7,10-11,13,20H,1-4,8H2,(H2,18,19,21)/t10-,11+/m0/s1. The number of amides is 2. The summed E-state index contributed by atoms with van der Waals surface area (Å²) in [6.45, 7) is -2.79. The first kappa shape index (κ1) is 16.4. The summed E-state index contributed by atoms with van der Waals surface area (Å²) in [5.74, 6) is -0.197. The lowest BCUT2D eigenvalue weighted by Gasteiger charge is -2.28. The lowest BCUT2D eigenvalue weighted by molar-refractivity contribution is -0.0529. The number of rotatable bonds is 5. The number of hydrogen-bond donors (Lipinski definition) is 3. The Kier molecular flexibility index (Phi) is 5.88. The highest BCUT2D eigenvalue weighted by molar-refractivity contribution is 5.74. The van der Waals surface area contributed by atoms with Crippen molar-refractivity contribution in [3.05, 3.63) is 23.9 Å². The van der Waals surface area contributed by atoms with Gasteiger partial charge in [-0.2, -0.15) is 8.78 Å². The fraction of sp³-hybridized carbons (Fsp3) is 0.571. The molecule has 0 unspecified atom stereocenters. The van der Waals surface area contributed by atoms with Gasteiger partial charge in [0.25, 0.3) is 0 Å². The summed E-state index contributed by atoms with van der Waals surface area (Å²) >= 11 is 0. The number of carbonyl (C=O) groups is 1. The quantitative estimate of drug-likeness (QED) is 0.773. The number of hydrogen-bond acceptors (Lipinski definition) is 4. The molecule has 1 aromatic rings. The maximum atomic E-state index is 12.1. The van der Waals surface area contributed by atoms with Crippen LogP contribution in [0.25, 0.3) is 0 Å². The van der Waals surface area contributed by atoms with Gasteiger partial charge in [0, 0.05) is 18.8 Å². The zero-order valence-electron chi connectivity index (χ0n) is 12.0. The number of nitrogens with zero attached hydrogens (tertiary/aromatic N) is 1. The molecular weight excluding hydrogens is 296 g/mol. The van der Waals surface area contributed by atoms with Crippen molar-refractivity contribution < 1.29 is 23.4 Å². The lowest BCUT2D eigenvalue weighted by atomic mass is 9.93. The van der Waals surface area contributed by atoms with Crippen molar-refractivity contribution in [2.75, 3.05) is 0 Å². The molecule has 8 heteroatoms. The summed E-state index contributed by atoms with van der Waals surface area (Å²) in [7, 11) is 0. The van der Waals surface area contributed by atoms with Gasteiger partial charge in [0.1, 0.15) is 0 Å². The molecule has 1 aromatic heterocycles. The average Bonchev–Trinajstić information content (AvgIpc) is 2.47. The van der Waals surface area contributed by atoms with Gasteiger partial charge in [0.15, 0.2) is 0 Å². The van der Waals surface area contributed by atoms with E-state index in [9.17, 15) is 18.7 Å². The Balaban J connectivity index is 1.80. The van der Waals surface area contributed by atoms with Crippen molar-refractivity contribution in [1.29, 1.82) is 0 Å². The van der Waals surface area contributed by atoms with E-state index in [4.69, 9.17) is 0 Å². The van der Waals surface area contributed by atoms with Crippen LogP contribution in [0.3, 0.4) is 0 Å². The van der Waals surface area contributed by atoms with Crippen LogP contribution in [-0.4, -0.2) is 34.9 Å². The molecule has 1 aliphatic carbocycles. The van der Waals surface area contributed by atoms with Gasteiger partial charge in [-0.1, -0.05) is 12.8 Å². The summed E-state index contributed by atoms with van der Waals surface area (Å²) < 4.78 is 28.4. The molecule has 3 N–H and O–H groups in total. The molecule has 1 fully saturated rings. The van der Waals surface area contributed by atoms with Gasteiger partial charge in [-0.05, 0) is 24.5 Å². The van der Waals surface area contributed by atoms with Crippen LogP contribution < -0.4 is 15.4 Å². The molecule has 1 aliphatic rings. The first-order valence-corrected chi connectivity index (χ1v) is 7.17. The Morgan fingerprint density at radius 3 is 2.95 bits per heavy atom. The molecular formula is C14H19F2N3O3. The fourth-order valence-corrected chi connectivity index (χ4v) is 2.40. The van der Waals surface area contributed by atoms with Crippen molar-refractivity contribution in [3.8, 4) is 5.88 Å². The lowest BCUT2D eigenvalue weighted by Crippen LogP contribution is -2.48. The molecule has 122 valence electrons. The van der Waals surface area contributed by atoms with Crippen molar-refractivity contribution in [1.82, 2.24) is 15.6 Å². The number of aliphatic hydroxyl groups excluding tert-OH is 1. The van der Waals surface area contributed by atoms with E-state index in [0.717, 1.165) is 19.3 Å². The average molecular weight is 315 g/mol. The zero-order valence-corrected chi connectivity index (χ0v) is 12.0. The van der Waals surface area contributed by atoms with E-state index in [1.54, 1.807) is 6.07 Å². The molecule has 2 atom stereocenters. The number of ether oxygens (including phenoxy) is 1. The summed E-state index contributed by atoms with van der Waals surface area (Å²) in [6.07, 6.45) is 4.18. The molecule has 0 spiro atoms. The highest BCUT2D eigenvalue weighted by atomic mass is 19.3. The Morgan fingerprint density at radius 2 is 2.23 bits per heavy atom. The second kappa shape index (κ2) is 7.88. The molecule has 0 aromatic carbocycles. The van der Waals surface area contributed by atoms with Crippen LogP contribution in [-0.2, 0) is 6.54 Å². The second-order valence-corrected chi connectivity index (χ2v) is 5.17. The Labute approximate surface area is 126 Å². The molecule has 2 rings (SSSR count).